The summed E-state index contributed by atoms with van der Waals surface area (Å²) >= 11 is 0. The second-order valence-electron chi connectivity index (χ2n) is 4.80. The second-order valence-corrected chi connectivity index (χ2v) is 4.80. The van der Waals surface area contributed by atoms with Crippen LogP contribution in [0.4, 0.5) is 0 Å². The van der Waals surface area contributed by atoms with Gasteiger partial charge in [0.25, 0.3) is 0 Å². The van der Waals surface area contributed by atoms with Crippen molar-refractivity contribution in [2.24, 2.45) is 11.3 Å². The lowest BCUT2D eigenvalue weighted by molar-refractivity contribution is -0.142. The molecule has 92 valence electrons. The highest BCUT2D eigenvalue weighted by molar-refractivity contribution is 6.05. The average Bonchev–Trinajstić information content (AvgIpc) is 2.43. The second kappa shape index (κ2) is 4.95. The molecule has 2 amide bonds. The Kier molecular flexibility index (Phi) is 4.08. The van der Waals surface area contributed by atoms with Gasteiger partial charge in [0.15, 0.2) is 0 Å². The standard InChI is InChI=1S/C12H21NO3/c1-5-16-7-6-13-10(14)8-12(4,9(2)3)11(13)15/h9H,5-8H2,1-4H3/t12-/m0/s1. The topological polar surface area (TPSA) is 46.6 Å². The van der Waals surface area contributed by atoms with E-state index >= 15 is 0 Å². The Morgan fingerprint density at radius 1 is 1.44 bits per heavy atom. The number of hydrogen-bond acceptors (Lipinski definition) is 3. The van der Waals surface area contributed by atoms with Gasteiger partial charge < -0.3 is 4.74 Å². The van der Waals surface area contributed by atoms with Crippen molar-refractivity contribution in [2.45, 2.75) is 34.1 Å². The fourth-order valence-electron chi connectivity index (χ4n) is 1.88. The molecule has 1 aliphatic heterocycles. The number of rotatable bonds is 5. The van der Waals surface area contributed by atoms with Gasteiger partial charge in [0.1, 0.15) is 0 Å². The van der Waals surface area contributed by atoms with Gasteiger partial charge in [-0.05, 0) is 19.8 Å². The van der Waals surface area contributed by atoms with Crippen LogP contribution in [0.5, 0.6) is 0 Å². The van der Waals surface area contributed by atoms with Crippen LogP contribution >= 0.6 is 0 Å². The molecule has 4 heteroatoms. The highest BCUT2D eigenvalue weighted by Crippen LogP contribution is 2.38. The van der Waals surface area contributed by atoms with E-state index in [1.807, 2.05) is 27.7 Å². The maximum atomic E-state index is 12.1. The summed E-state index contributed by atoms with van der Waals surface area (Å²) in [6, 6.07) is 0. The summed E-state index contributed by atoms with van der Waals surface area (Å²) in [4.78, 5) is 25.2. The summed E-state index contributed by atoms with van der Waals surface area (Å²) in [5.41, 5.74) is -0.525. The van der Waals surface area contributed by atoms with Gasteiger partial charge in [-0.2, -0.15) is 0 Å². The van der Waals surface area contributed by atoms with Crippen LogP contribution in [0.1, 0.15) is 34.1 Å². The number of nitrogens with zero attached hydrogens (tertiary/aromatic N) is 1. The van der Waals surface area contributed by atoms with E-state index in [2.05, 4.69) is 0 Å². The molecule has 16 heavy (non-hydrogen) atoms. The molecule has 4 nitrogen and oxygen atoms in total. The van der Waals surface area contributed by atoms with Crippen molar-refractivity contribution in [3.8, 4) is 0 Å². The van der Waals surface area contributed by atoms with Crippen LogP contribution in [0.2, 0.25) is 0 Å². The van der Waals surface area contributed by atoms with Crippen LogP contribution in [0.15, 0.2) is 0 Å². The van der Waals surface area contributed by atoms with E-state index in [0.29, 0.717) is 26.2 Å². The minimum Gasteiger partial charge on any atom is -0.380 e. The number of carbonyl (C=O) groups is 2. The smallest absolute Gasteiger partial charge is 0.235 e. The molecule has 1 aliphatic rings. The van der Waals surface area contributed by atoms with Crippen LogP contribution in [-0.4, -0.2) is 36.5 Å². The lowest BCUT2D eigenvalue weighted by Crippen LogP contribution is -2.38. The SMILES string of the molecule is CCOCCN1C(=O)C[C@@](C)(C(C)C)C1=O. The van der Waals surface area contributed by atoms with Gasteiger partial charge >= 0.3 is 0 Å². The van der Waals surface area contributed by atoms with Crippen molar-refractivity contribution >= 4 is 11.8 Å². The van der Waals surface area contributed by atoms with E-state index in [4.69, 9.17) is 4.74 Å². The van der Waals surface area contributed by atoms with Gasteiger partial charge in [-0.15, -0.1) is 0 Å². The maximum absolute atomic E-state index is 12.1. The van der Waals surface area contributed by atoms with Crippen molar-refractivity contribution in [1.82, 2.24) is 4.90 Å². The lowest BCUT2D eigenvalue weighted by Gasteiger charge is -2.25. The first-order chi connectivity index (χ1) is 7.43. The predicted molar refractivity (Wildman–Crippen MR) is 60.8 cm³/mol. The molecule has 0 radical (unpaired) electrons. The van der Waals surface area contributed by atoms with Crippen molar-refractivity contribution < 1.29 is 14.3 Å². The molecule has 0 aliphatic carbocycles. The highest BCUT2D eigenvalue weighted by Gasteiger charge is 2.49. The molecule has 0 aromatic heterocycles. The molecule has 0 saturated carbocycles. The number of amides is 2. The van der Waals surface area contributed by atoms with Crippen LogP contribution in [0, 0.1) is 11.3 Å². The highest BCUT2D eigenvalue weighted by atomic mass is 16.5. The van der Waals surface area contributed by atoms with Gasteiger partial charge in [0, 0.05) is 13.0 Å². The summed E-state index contributed by atoms with van der Waals surface area (Å²) in [5.74, 6) is 0.0640. The van der Waals surface area contributed by atoms with Gasteiger partial charge in [-0.25, -0.2) is 0 Å². The van der Waals surface area contributed by atoms with E-state index in [9.17, 15) is 9.59 Å². The van der Waals surface area contributed by atoms with Crippen molar-refractivity contribution in [3.05, 3.63) is 0 Å². The maximum Gasteiger partial charge on any atom is 0.235 e. The molecule has 0 unspecified atom stereocenters. The Morgan fingerprint density at radius 3 is 2.50 bits per heavy atom. The van der Waals surface area contributed by atoms with E-state index < -0.39 is 5.41 Å². The molecular formula is C12H21NO3. The van der Waals surface area contributed by atoms with Crippen LogP contribution in [-0.2, 0) is 14.3 Å². The number of ether oxygens (including phenoxy) is 1. The van der Waals surface area contributed by atoms with E-state index in [1.54, 1.807) is 0 Å². The molecule has 0 bridgehead atoms. The van der Waals surface area contributed by atoms with Crippen molar-refractivity contribution in [3.63, 3.8) is 0 Å². The Balaban J connectivity index is 2.68. The quantitative estimate of drug-likeness (QED) is 0.527. The van der Waals surface area contributed by atoms with Gasteiger partial charge in [-0.3, -0.25) is 14.5 Å². The Bertz CT molecular complexity index is 288. The van der Waals surface area contributed by atoms with Crippen molar-refractivity contribution in [2.75, 3.05) is 19.8 Å². The molecule has 0 aromatic carbocycles. The summed E-state index contributed by atoms with van der Waals surface area (Å²) in [7, 11) is 0. The van der Waals surface area contributed by atoms with Crippen LogP contribution in [0.3, 0.4) is 0 Å². The molecular weight excluding hydrogens is 206 g/mol. The summed E-state index contributed by atoms with van der Waals surface area (Å²) in [6.07, 6.45) is 0.329. The average molecular weight is 227 g/mol. The summed E-state index contributed by atoms with van der Waals surface area (Å²) < 4.78 is 5.17. The zero-order chi connectivity index (χ0) is 12.3. The number of carbonyl (C=O) groups excluding carboxylic acids is 2. The van der Waals surface area contributed by atoms with Crippen molar-refractivity contribution in [1.29, 1.82) is 0 Å². The molecule has 1 fully saturated rings. The zero-order valence-corrected chi connectivity index (χ0v) is 10.6. The largest absolute Gasteiger partial charge is 0.380 e. The van der Waals surface area contributed by atoms with E-state index in [-0.39, 0.29) is 17.7 Å². The fourth-order valence-corrected chi connectivity index (χ4v) is 1.88. The molecule has 1 atom stereocenters. The molecule has 0 spiro atoms. The first-order valence-electron chi connectivity index (χ1n) is 5.86. The van der Waals surface area contributed by atoms with E-state index in [0.717, 1.165) is 0 Å². The molecule has 0 aromatic rings. The Labute approximate surface area is 96.9 Å². The van der Waals surface area contributed by atoms with E-state index in [1.165, 1.54) is 4.90 Å². The third-order valence-electron chi connectivity index (χ3n) is 3.49. The zero-order valence-electron chi connectivity index (χ0n) is 10.6. The van der Waals surface area contributed by atoms with Crippen LogP contribution in [0.25, 0.3) is 0 Å². The molecule has 1 heterocycles. The molecule has 1 rings (SSSR count). The fraction of sp³-hybridized carbons (Fsp3) is 0.833. The predicted octanol–water partition coefficient (Wildman–Crippen LogP) is 1.44. The monoisotopic (exact) mass is 227 g/mol. The number of likely N-dealkylation sites (tertiary alicyclic amines) is 1. The summed E-state index contributed by atoms with van der Waals surface area (Å²) in [6.45, 7) is 9.16. The first kappa shape index (κ1) is 13.2. The number of hydrogen-bond donors (Lipinski definition) is 0. The minimum atomic E-state index is -0.525. The summed E-state index contributed by atoms with van der Waals surface area (Å²) in [5, 5.41) is 0. The first-order valence-corrected chi connectivity index (χ1v) is 5.86. The van der Waals surface area contributed by atoms with Gasteiger partial charge in [0.2, 0.25) is 11.8 Å². The molecule has 1 saturated heterocycles. The third kappa shape index (κ3) is 2.26. The Hall–Kier alpha value is -0.900. The van der Waals surface area contributed by atoms with Gasteiger partial charge in [-0.1, -0.05) is 13.8 Å². The molecule has 0 N–H and O–H groups in total. The van der Waals surface area contributed by atoms with Crippen LogP contribution < -0.4 is 0 Å². The number of imide groups is 1. The normalized spacial score (nSPS) is 25.9. The third-order valence-corrected chi connectivity index (χ3v) is 3.49. The Morgan fingerprint density at radius 2 is 2.06 bits per heavy atom. The van der Waals surface area contributed by atoms with Gasteiger partial charge in [0.05, 0.1) is 18.6 Å². The lowest BCUT2D eigenvalue weighted by atomic mass is 9.78. The minimum absolute atomic E-state index is 0.0489.